The molecule has 104 valence electrons. The lowest BCUT2D eigenvalue weighted by Gasteiger charge is -2.25. The van der Waals surface area contributed by atoms with Crippen molar-refractivity contribution in [1.82, 2.24) is 10.2 Å². The summed E-state index contributed by atoms with van der Waals surface area (Å²) >= 11 is 7.01. The minimum atomic E-state index is -0.482. The van der Waals surface area contributed by atoms with E-state index in [9.17, 15) is 9.59 Å². The number of nitrogens with zero attached hydrogens (tertiary/aromatic N) is 1. The van der Waals surface area contributed by atoms with Gasteiger partial charge in [-0.25, -0.2) is 0 Å². The summed E-state index contributed by atoms with van der Waals surface area (Å²) in [4.78, 5) is 25.1. The van der Waals surface area contributed by atoms with Crippen molar-refractivity contribution < 1.29 is 14.3 Å². The Morgan fingerprint density at radius 3 is 2.70 bits per heavy atom. The number of carbonyl (C=O) groups excluding carboxylic acids is 2. The van der Waals surface area contributed by atoms with E-state index in [0.717, 1.165) is 14.9 Å². The van der Waals surface area contributed by atoms with E-state index in [-0.39, 0.29) is 10.7 Å². The van der Waals surface area contributed by atoms with Crippen LogP contribution in [0.25, 0.3) is 6.08 Å². The van der Waals surface area contributed by atoms with Gasteiger partial charge in [-0.05, 0) is 58.6 Å². The van der Waals surface area contributed by atoms with Crippen molar-refractivity contribution in [2.45, 2.75) is 0 Å². The molecule has 0 spiro atoms. The Bertz CT molecular complexity index is 643. The molecule has 0 atom stereocenters. The molecule has 0 unspecified atom stereocenters. The van der Waals surface area contributed by atoms with Crippen LogP contribution in [0.3, 0.4) is 0 Å². The van der Waals surface area contributed by atoms with Crippen LogP contribution in [-0.4, -0.2) is 36.0 Å². The molecule has 1 aromatic carbocycles. The monoisotopic (exact) mass is 402 g/mol. The van der Waals surface area contributed by atoms with Gasteiger partial charge in [0, 0.05) is 7.05 Å². The van der Waals surface area contributed by atoms with E-state index in [1.54, 1.807) is 19.2 Å². The summed E-state index contributed by atoms with van der Waals surface area (Å²) in [5.74, 6) is -0.154. The zero-order valence-electron chi connectivity index (χ0n) is 10.8. The van der Waals surface area contributed by atoms with Crippen LogP contribution in [0.2, 0.25) is 0 Å². The van der Waals surface area contributed by atoms with Crippen molar-refractivity contribution in [2.75, 3.05) is 14.2 Å². The van der Waals surface area contributed by atoms with Gasteiger partial charge in [0.1, 0.15) is 11.3 Å². The quantitative estimate of drug-likeness (QED) is 0.353. The van der Waals surface area contributed by atoms with Crippen LogP contribution in [0.4, 0.5) is 0 Å². The number of hydrogen-bond acceptors (Lipinski definition) is 4. The van der Waals surface area contributed by atoms with E-state index in [2.05, 4.69) is 27.9 Å². The fraction of sp³-hybridized carbons (Fsp3) is 0.154. The van der Waals surface area contributed by atoms with E-state index in [1.165, 1.54) is 18.0 Å². The number of rotatable bonds is 2. The highest BCUT2D eigenvalue weighted by Crippen LogP contribution is 2.23. The average Bonchev–Trinajstić information content (AvgIpc) is 2.41. The highest BCUT2D eigenvalue weighted by molar-refractivity contribution is 14.1. The molecule has 1 aliphatic heterocycles. The standard InChI is InChI=1S/C13H11IN2O3S/c1-16-12(18)8(11(17)15-13(16)20)5-7-3-4-10(19-2)9(14)6-7/h3-6H,1-2H3,(H,15,17,20)/b8-5+. The van der Waals surface area contributed by atoms with Crippen molar-refractivity contribution in [3.8, 4) is 5.75 Å². The first-order valence-corrected chi connectivity index (χ1v) is 7.11. The highest BCUT2D eigenvalue weighted by Gasteiger charge is 2.30. The molecule has 0 bridgehead atoms. The number of amides is 2. The Balaban J connectivity index is 2.39. The van der Waals surface area contributed by atoms with Crippen LogP contribution in [0.1, 0.15) is 5.56 Å². The maximum atomic E-state index is 12.0. The number of benzene rings is 1. The van der Waals surface area contributed by atoms with Crippen LogP contribution in [0, 0.1) is 3.57 Å². The number of methoxy groups -OCH3 is 1. The molecule has 0 aliphatic carbocycles. The molecular weight excluding hydrogens is 391 g/mol. The molecule has 0 saturated carbocycles. The molecule has 2 amide bonds. The zero-order chi connectivity index (χ0) is 14.9. The number of thiocarbonyl (C=S) groups is 1. The van der Waals surface area contributed by atoms with E-state index in [4.69, 9.17) is 17.0 Å². The van der Waals surface area contributed by atoms with Crippen molar-refractivity contribution >= 4 is 57.8 Å². The predicted octanol–water partition coefficient (Wildman–Crippen LogP) is 1.56. The smallest absolute Gasteiger partial charge is 0.265 e. The van der Waals surface area contributed by atoms with Crippen LogP contribution in [-0.2, 0) is 9.59 Å². The Kier molecular flexibility index (Phi) is 4.39. The number of hydrogen-bond donors (Lipinski definition) is 1. The van der Waals surface area contributed by atoms with E-state index in [0.29, 0.717) is 0 Å². The van der Waals surface area contributed by atoms with Gasteiger partial charge in [-0.3, -0.25) is 19.8 Å². The van der Waals surface area contributed by atoms with Crippen LogP contribution in [0.15, 0.2) is 23.8 Å². The fourth-order valence-corrected chi connectivity index (χ4v) is 2.62. The van der Waals surface area contributed by atoms with Gasteiger partial charge in [0.2, 0.25) is 0 Å². The van der Waals surface area contributed by atoms with Gasteiger partial charge in [0.05, 0.1) is 10.7 Å². The van der Waals surface area contributed by atoms with E-state index in [1.807, 2.05) is 6.07 Å². The zero-order valence-corrected chi connectivity index (χ0v) is 13.7. The molecule has 1 saturated heterocycles. The molecule has 1 heterocycles. The molecule has 1 N–H and O–H groups in total. The van der Waals surface area contributed by atoms with E-state index < -0.39 is 11.8 Å². The molecule has 1 aliphatic rings. The van der Waals surface area contributed by atoms with Gasteiger partial charge in [-0.1, -0.05) is 6.07 Å². The molecule has 7 heteroatoms. The summed E-state index contributed by atoms with van der Waals surface area (Å²) < 4.78 is 6.06. The first-order chi connectivity index (χ1) is 9.43. The highest BCUT2D eigenvalue weighted by atomic mass is 127. The number of nitrogens with one attached hydrogen (secondary N) is 1. The third-order valence-corrected chi connectivity index (χ3v) is 4.01. The first kappa shape index (κ1) is 14.9. The van der Waals surface area contributed by atoms with Gasteiger partial charge < -0.3 is 4.74 Å². The first-order valence-electron chi connectivity index (χ1n) is 5.62. The Morgan fingerprint density at radius 2 is 2.10 bits per heavy atom. The number of carbonyl (C=O) groups is 2. The summed E-state index contributed by atoms with van der Waals surface area (Å²) in [7, 11) is 3.11. The SMILES string of the molecule is COc1ccc(/C=C2\C(=O)NC(=S)N(C)C2=O)cc1I. The van der Waals surface area contributed by atoms with E-state index >= 15 is 0 Å². The molecule has 20 heavy (non-hydrogen) atoms. The number of likely N-dealkylation sites (N-methyl/N-ethyl adjacent to an activating group) is 1. The maximum absolute atomic E-state index is 12.0. The third-order valence-electron chi connectivity index (χ3n) is 2.79. The molecule has 0 aromatic heterocycles. The number of halogens is 1. The molecule has 0 radical (unpaired) electrons. The predicted molar refractivity (Wildman–Crippen MR) is 87.2 cm³/mol. The van der Waals surface area contributed by atoms with Crippen LogP contribution < -0.4 is 10.1 Å². The normalized spacial score (nSPS) is 17.4. The van der Waals surface area contributed by atoms with Gasteiger partial charge in [-0.2, -0.15) is 0 Å². The Hall–Kier alpha value is -1.48. The van der Waals surface area contributed by atoms with Gasteiger partial charge in [-0.15, -0.1) is 0 Å². The summed E-state index contributed by atoms with van der Waals surface area (Å²) in [6.45, 7) is 0. The minimum Gasteiger partial charge on any atom is -0.496 e. The molecule has 1 fully saturated rings. The van der Waals surface area contributed by atoms with Gasteiger partial charge in [0.15, 0.2) is 5.11 Å². The second-order valence-electron chi connectivity index (χ2n) is 4.08. The van der Waals surface area contributed by atoms with Gasteiger partial charge in [0.25, 0.3) is 11.8 Å². The lowest BCUT2D eigenvalue weighted by molar-refractivity contribution is -0.128. The molecule has 1 aromatic rings. The van der Waals surface area contributed by atoms with Crippen molar-refractivity contribution in [1.29, 1.82) is 0 Å². The maximum Gasteiger partial charge on any atom is 0.265 e. The van der Waals surface area contributed by atoms with Crippen molar-refractivity contribution in [3.05, 3.63) is 32.9 Å². The summed E-state index contributed by atoms with van der Waals surface area (Å²) in [5, 5.41) is 2.58. The third kappa shape index (κ3) is 2.83. The molecule has 2 rings (SSSR count). The fourth-order valence-electron chi connectivity index (χ4n) is 1.68. The second-order valence-corrected chi connectivity index (χ2v) is 5.62. The lowest BCUT2D eigenvalue weighted by atomic mass is 10.1. The van der Waals surface area contributed by atoms with Crippen molar-refractivity contribution in [3.63, 3.8) is 0 Å². The Labute approximate surface area is 135 Å². The average molecular weight is 402 g/mol. The van der Waals surface area contributed by atoms with Gasteiger partial charge >= 0.3 is 0 Å². The summed E-state index contributed by atoms with van der Waals surface area (Å²) in [6.07, 6.45) is 1.54. The Morgan fingerprint density at radius 1 is 1.40 bits per heavy atom. The minimum absolute atomic E-state index is 0.0575. The van der Waals surface area contributed by atoms with Crippen LogP contribution in [0.5, 0.6) is 5.75 Å². The second kappa shape index (κ2) is 5.88. The summed E-state index contributed by atoms with van der Waals surface area (Å²) in [5.41, 5.74) is 0.803. The largest absolute Gasteiger partial charge is 0.496 e. The topological polar surface area (TPSA) is 58.6 Å². The summed E-state index contributed by atoms with van der Waals surface area (Å²) in [6, 6.07) is 5.40. The molecular formula is C13H11IN2O3S. The van der Waals surface area contributed by atoms with Crippen LogP contribution >= 0.6 is 34.8 Å². The number of ether oxygens (including phenoxy) is 1. The lowest BCUT2D eigenvalue weighted by Crippen LogP contribution is -2.52. The van der Waals surface area contributed by atoms with Crippen molar-refractivity contribution in [2.24, 2.45) is 0 Å². The molecule has 5 nitrogen and oxygen atoms in total.